The number of ketones is 1. The third kappa shape index (κ3) is 3.56. The van der Waals surface area contributed by atoms with Crippen LogP contribution in [0.25, 0.3) is 0 Å². The molecule has 0 spiro atoms. The lowest BCUT2D eigenvalue weighted by atomic mass is 9.44. The van der Waals surface area contributed by atoms with E-state index in [1.165, 1.54) is 12.8 Å². The molecular formula is C30H46O3. The van der Waals surface area contributed by atoms with Gasteiger partial charge in [0.05, 0.1) is 13.2 Å². The Balaban J connectivity index is 1.61. The van der Waals surface area contributed by atoms with Crippen molar-refractivity contribution in [3.8, 4) is 0 Å². The number of aliphatic hydroxyl groups is 2. The number of carbonyl (C=O) groups is 1. The Kier molecular flexibility index (Phi) is 6.41. The summed E-state index contributed by atoms with van der Waals surface area (Å²) in [6, 6.07) is 0. The molecule has 6 atom stereocenters. The fourth-order valence-electron chi connectivity index (χ4n) is 8.69. The first-order valence-electron chi connectivity index (χ1n) is 13.3. The third-order valence-corrected chi connectivity index (χ3v) is 11.2. The largest absolute Gasteiger partial charge is 0.392 e. The highest BCUT2D eigenvalue weighted by atomic mass is 16.3. The molecule has 2 N–H and O–H groups in total. The predicted octanol–water partition coefficient (Wildman–Crippen LogP) is 6.41. The molecule has 0 radical (unpaired) electrons. The molecule has 0 unspecified atom stereocenters. The van der Waals surface area contributed by atoms with Crippen LogP contribution in [0.3, 0.4) is 0 Å². The van der Waals surface area contributed by atoms with Crippen LogP contribution < -0.4 is 0 Å². The van der Waals surface area contributed by atoms with Crippen LogP contribution in [0.5, 0.6) is 0 Å². The first-order valence-corrected chi connectivity index (χ1v) is 13.3. The first kappa shape index (κ1) is 24.9. The molecule has 4 aliphatic carbocycles. The summed E-state index contributed by atoms with van der Waals surface area (Å²) in [6.07, 6.45) is 15.6. The molecule has 0 amide bonds. The van der Waals surface area contributed by atoms with Gasteiger partial charge in [-0.2, -0.15) is 0 Å². The van der Waals surface area contributed by atoms with Gasteiger partial charge in [-0.15, -0.1) is 0 Å². The van der Waals surface area contributed by atoms with E-state index in [1.54, 1.807) is 11.1 Å². The van der Waals surface area contributed by atoms with E-state index in [0.717, 1.165) is 44.1 Å². The van der Waals surface area contributed by atoms with Crippen LogP contribution in [0.4, 0.5) is 0 Å². The topological polar surface area (TPSA) is 57.5 Å². The van der Waals surface area contributed by atoms with Gasteiger partial charge < -0.3 is 10.2 Å². The minimum absolute atomic E-state index is 0.0476. The maximum Gasteiger partial charge on any atom is 0.138 e. The molecule has 0 heterocycles. The van der Waals surface area contributed by atoms with E-state index >= 15 is 0 Å². The van der Waals surface area contributed by atoms with Crippen LogP contribution in [0.1, 0.15) is 92.9 Å². The van der Waals surface area contributed by atoms with Gasteiger partial charge >= 0.3 is 0 Å². The van der Waals surface area contributed by atoms with Crippen molar-refractivity contribution in [3.05, 3.63) is 34.9 Å². The zero-order valence-electron chi connectivity index (χ0n) is 21.8. The lowest BCUT2D eigenvalue weighted by molar-refractivity contribution is -0.138. The molecule has 0 bridgehead atoms. The molecule has 2 fully saturated rings. The standard InChI is InChI=1S/C30H46O3/c1-20(8-7-9-21(18-31)19-32)22-12-16-30(6)24-10-11-25-27(2,3)26(33)14-15-28(25,4)23(24)13-17-29(22,30)5/h9-10,13,20,22,25,31-32H,7-8,11-12,14-19H2,1-6H3/t20-,22-,25-,28-,29-,30+/m1/s1. The second kappa shape index (κ2) is 8.48. The van der Waals surface area contributed by atoms with Crippen molar-refractivity contribution in [3.63, 3.8) is 0 Å². The van der Waals surface area contributed by atoms with E-state index in [4.69, 9.17) is 0 Å². The smallest absolute Gasteiger partial charge is 0.138 e. The summed E-state index contributed by atoms with van der Waals surface area (Å²) in [5.74, 6) is 2.14. The van der Waals surface area contributed by atoms with Crippen molar-refractivity contribution >= 4 is 5.78 Å². The first-order chi connectivity index (χ1) is 15.5. The Morgan fingerprint density at radius 1 is 1.09 bits per heavy atom. The van der Waals surface area contributed by atoms with Gasteiger partial charge in [0, 0.05) is 11.8 Å². The summed E-state index contributed by atoms with van der Waals surface area (Å²) < 4.78 is 0. The lowest BCUT2D eigenvalue weighted by Gasteiger charge is -2.59. The summed E-state index contributed by atoms with van der Waals surface area (Å²) in [6.45, 7) is 14.2. The molecule has 0 aromatic heterocycles. The molecule has 3 heteroatoms. The summed E-state index contributed by atoms with van der Waals surface area (Å²) in [5, 5.41) is 18.7. The van der Waals surface area contributed by atoms with E-state index in [0.29, 0.717) is 23.5 Å². The van der Waals surface area contributed by atoms with Crippen LogP contribution in [0, 0.1) is 39.4 Å². The van der Waals surface area contributed by atoms with Crippen molar-refractivity contribution in [2.45, 2.75) is 92.9 Å². The highest BCUT2D eigenvalue weighted by Crippen LogP contribution is 2.71. The van der Waals surface area contributed by atoms with Gasteiger partial charge in [-0.25, -0.2) is 0 Å². The normalized spacial score (nSPS) is 40.2. The summed E-state index contributed by atoms with van der Waals surface area (Å²) in [7, 11) is 0. The highest BCUT2D eigenvalue weighted by molar-refractivity contribution is 5.86. The number of carbonyl (C=O) groups excluding carboxylic acids is 1. The molecule has 184 valence electrons. The van der Waals surface area contributed by atoms with Crippen molar-refractivity contribution < 1.29 is 15.0 Å². The fourth-order valence-corrected chi connectivity index (χ4v) is 8.69. The Bertz CT molecular complexity index is 886. The predicted molar refractivity (Wildman–Crippen MR) is 135 cm³/mol. The zero-order valence-corrected chi connectivity index (χ0v) is 21.8. The number of Topliss-reactive ketones (excluding diaryl/α,β-unsaturated/α-hetero) is 1. The number of hydrogen-bond donors (Lipinski definition) is 2. The van der Waals surface area contributed by atoms with Crippen molar-refractivity contribution in [1.29, 1.82) is 0 Å². The molecule has 0 aromatic rings. The van der Waals surface area contributed by atoms with Crippen LogP contribution in [-0.2, 0) is 4.79 Å². The second-order valence-corrected chi connectivity index (χ2v) is 12.9. The van der Waals surface area contributed by atoms with Gasteiger partial charge in [0.2, 0.25) is 0 Å². The van der Waals surface area contributed by atoms with Gasteiger partial charge in [0.15, 0.2) is 0 Å². The number of aliphatic hydroxyl groups excluding tert-OH is 2. The maximum atomic E-state index is 12.8. The average Bonchev–Trinajstić information content (AvgIpc) is 3.05. The van der Waals surface area contributed by atoms with Gasteiger partial charge in [0.1, 0.15) is 5.78 Å². The minimum Gasteiger partial charge on any atom is -0.392 e. The Morgan fingerprint density at radius 2 is 1.79 bits per heavy atom. The maximum absolute atomic E-state index is 12.8. The summed E-state index contributed by atoms with van der Waals surface area (Å²) in [5.41, 5.74) is 4.26. The van der Waals surface area contributed by atoms with E-state index in [2.05, 4.69) is 53.7 Å². The van der Waals surface area contributed by atoms with Gasteiger partial charge in [-0.05, 0) is 95.7 Å². The summed E-state index contributed by atoms with van der Waals surface area (Å²) in [4.78, 5) is 12.8. The molecule has 0 aliphatic heterocycles. The monoisotopic (exact) mass is 454 g/mol. The Labute approximate surface area is 201 Å². The number of hydrogen-bond acceptors (Lipinski definition) is 3. The minimum atomic E-state index is -0.236. The molecule has 0 aromatic carbocycles. The fraction of sp³-hybridized carbons (Fsp3) is 0.767. The molecular weight excluding hydrogens is 408 g/mol. The lowest BCUT2D eigenvalue weighted by Crippen LogP contribution is -2.53. The number of rotatable bonds is 6. The van der Waals surface area contributed by atoms with E-state index in [-0.39, 0.29) is 34.9 Å². The van der Waals surface area contributed by atoms with E-state index < -0.39 is 0 Å². The Morgan fingerprint density at radius 3 is 2.45 bits per heavy atom. The van der Waals surface area contributed by atoms with E-state index in [1.807, 2.05) is 6.08 Å². The van der Waals surface area contributed by atoms with Crippen molar-refractivity contribution in [1.82, 2.24) is 0 Å². The number of fused-ring (bicyclic) bond motifs is 5. The zero-order chi connectivity index (χ0) is 24.2. The Hall–Kier alpha value is -1.19. The molecule has 4 rings (SSSR count). The summed E-state index contributed by atoms with van der Waals surface area (Å²) >= 11 is 0. The SMILES string of the molecule is C[C@H](CCC=C(CO)CO)[C@H]1CC[C@@]2(C)C3=CC[C@@H]4C(C)(C)C(=O)CC[C@]4(C)C3=CC[C@]12C. The van der Waals surface area contributed by atoms with Crippen LogP contribution in [0.15, 0.2) is 34.9 Å². The van der Waals surface area contributed by atoms with Crippen LogP contribution in [-0.4, -0.2) is 29.2 Å². The van der Waals surface area contributed by atoms with Crippen molar-refractivity contribution in [2.75, 3.05) is 13.2 Å². The number of allylic oxidation sites excluding steroid dienone is 5. The van der Waals surface area contributed by atoms with Crippen molar-refractivity contribution in [2.24, 2.45) is 39.4 Å². The van der Waals surface area contributed by atoms with Gasteiger partial charge in [-0.1, -0.05) is 59.8 Å². The molecule has 33 heavy (non-hydrogen) atoms. The third-order valence-electron chi connectivity index (χ3n) is 11.2. The van der Waals surface area contributed by atoms with E-state index in [9.17, 15) is 15.0 Å². The average molecular weight is 455 g/mol. The molecule has 2 saturated carbocycles. The van der Waals surface area contributed by atoms with Gasteiger partial charge in [-0.3, -0.25) is 4.79 Å². The molecule has 4 aliphatic rings. The molecule has 3 nitrogen and oxygen atoms in total. The van der Waals surface area contributed by atoms with Gasteiger partial charge in [0.25, 0.3) is 0 Å². The highest BCUT2D eigenvalue weighted by Gasteiger charge is 2.63. The molecule has 0 saturated heterocycles. The second-order valence-electron chi connectivity index (χ2n) is 12.9. The van der Waals surface area contributed by atoms with Crippen LogP contribution in [0.2, 0.25) is 0 Å². The van der Waals surface area contributed by atoms with Crippen LogP contribution >= 0.6 is 0 Å². The quantitative estimate of drug-likeness (QED) is 0.456.